The smallest absolute Gasteiger partial charge is 0.241 e. The number of benzene rings is 1. The zero-order valence-corrected chi connectivity index (χ0v) is 17.0. The second-order valence-corrected chi connectivity index (χ2v) is 7.94. The molecule has 1 amide bonds. The van der Waals surface area contributed by atoms with Gasteiger partial charge in [0.25, 0.3) is 0 Å². The summed E-state index contributed by atoms with van der Waals surface area (Å²) in [6, 6.07) is 7.52. The molecule has 0 radical (unpaired) electrons. The van der Waals surface area contributed by atoms with Crippen molar-refractivity contribution < 1.29 is 9.53 Å². The topological polar surface area (TPSA) is 44.8 Å². The predicted octanol–water partition coefficient (Wildman–Crippen LogP) is 3.61. The first-order valence-corrected chi connectivity index (χ1v) is 10.7. The van der Waals surface area contributed by atoms with E-state index < -0.39 is 0 Å². The average Bonchev–Trinajstić information content (AvgIpc) is 2.70. The minimum absolute atomic E-state index is 0.0443. The molecule has 1 N–H and O–H groups in total. The first-order chi connectivity index (χ1) is 13.2. The zero-order valence-electron chi connectivity index (χ0n) is 17.0. The fourth-order valence-corrected chi connectivity index (χ4v) is 4.32. The molecule has 0 bridgehead atoms. The van der Waals surface area contributed by atoms with Gasteiger partial charge < -0.3 is 15.0 Å². The Morgan fingerprint density at radius 2 is 1.85 bits per heavy atom. The summed E-state index contributed by atoms with van der Waals surface area (Å²) in [7, 11) is 0. The molecule has 1 aliphatic carbocycles. The summed E-state index contributed by atoms with van der Waals surface area (Å²) in [6.07, 6.45) is 7.04. The quantitative estimate of drug-likeness (QED) is 0.793. The molecule has 1 aliphatic heterocycles. The Morgan fingerprint density at radius 3 is 2.56 bits per heavy atom. The van der Waals surface area contributed by atoms with Crippen molar-refractivity contribution >= 4 is 11.6 Å². The Bertz CT molecular complexity index is 593. The maximum Gasteiger partial charge on any atom is 0.241 e. The summed E-state index contributed by atoms with van der Waals surface area (Å²) in [6.45, 7) is 9.88. The summed E-state index contributed by atoms with van der Waals surface area (Å²) in [5.41, 5.74) is 0.757. The Balaban J connectivity index is 1.47. The zero-order chi connectivity index (χ0) is 19.1. The number of nitrogens with zero attached hydrogens (tertiary/aromatic N) is 2. The van der Waals surface area contributed by atoms with Crippen LogP contribution in [-0.4, -0.2) is 61.1 Å². The largest absolute Gasteiger partial charge is 0.492 e. The fraction of sp³-hybridized carbons (Fsp3) is 0.682. The SMILES string of the molecule is CCOc1ccccc1NC(=O)C(C)N1CCN(CC2CCCCC2)CC1. The summed E-state index contributed by atoms with van der Waals surface area (Å²) < 4.78 is 5.61. The number of para-hydroxylation sites is 2. The molecule has 2 fully saturated rings. The number of anilines is 1. The van der Waals surface area contributed by atoms with Crippen LogP contribution in [-0.2, 0) is 4.79 Å². The number of nitrogens with one attached hydrogen (secondary N) is 1. The van der Waals surface area contributed by atoms with Crippen LogP contribution in [0, 0.1) is 5.92 Å². The van der Waals surface area contributed by atoms with Crippen LogP contribution in [0.25, 0.3) is 0 Å². The highest BCUT2D eigenvalue weighted by Crippen LogP contribution is 2.26. The second kappa shape index (κ2) is 10.1. The predicted molar refractivity (Wildman–Crippen MR) is 110 cm³/mol. The number of hydrogen-bond donors (Lipinski definition) is 1. The molecule has 150 valence electrons. The maximum absolute atomic E-state index is 12.7. The van der Waals surface area contributed by atoms with Gasteiger partial charge in [-0.1, -0.05) is 31.4 Å². The number of piperazine rings is 1. The van der Waals surface area contributed by atoms with E-state index >= 15 is 0 Å². The Hall–Kier alpha value is -1.59. The van der Waals surface area contributed by atoms with E-state index in [2.05, 4.69) is 15.1 Å². The van der Waals surface area contributed by atoms with Crippen molar-refractivity contribution in [2.75, 3.05) is 44.6 Å². The van der Waals surface area contributed by atoms with E-state index in [-0.39, 0.29) is 11.9 Å². The van der Waals surface area contributed by atoms with Gasteiger partial charge in [-0.15, -0.1) is 0 Å². The van der Waals surface area contributed by atoms with E-state index in [1.807, 2.05) is 38.1 Å². The van der Waals surface area contributed by atoms with Gasteiger partial charge in [-0.25, -0.2) is 0 Å². The number of amides is 1. The van der Waals surface area contributed by atoms with Gasteiger partial charge in [0, 0.05) is 32.7 Å². The molecule has 1 unspecified atom stereocenters. The highest BCUT2D eigenvalue weighted by Gasteiger charge is 2.27. The molecule has 1 aromatic carbocycles. The van der Waals surface area contributed by atoms with E-state index in [9.17, 15) is 4.79 Å². The van der Waals surface area contributed by atoms with Gasteiger partial charge >= 0.3 is 0 Å². The van der Waals surface area contributed by atoms with Crippen LogP contribution >= 0.6 is 0 Å². The van der Waals surface area contributed by atoms with Crippen molar-refractivity contribution in [2.24, 2.45) is 5.92 Å². The number of ether oxygens (including phenoxy) is 1. The monoisotopic (exact) mass is 373 g/mol. The van der Waals surface area contributed by atoms with Gasteiger partial charge in [-0.3, -0.25) is 9.69 Å². The van der Waals surface area contributed by atoms with E-state index in [1.165, 1.54) is 38.6 Å². The number of rotatable bonds is 7. The fourth-order valence-electron chi connectivity index (χ4n) is 4.32. The third kappa shape index (κ3) is 5.69. The van der Waals surface area contributed by atoms with Crippen LogP contribution in [0.1, 0.15) is 46.0 Å². The van der Waals surface area contributed by atoms with Crippen LogP contribution in [0.4, 0.5) is 5.69 Å². The van der Waals surface area contributed by atoms with Crippen molar-refractivity contribution in [1.82, 2.24) is 9.80 Å². The molecule has 3 rings (SSSR count). The van der Waals surface area contributed by atoms with Crippen molar-refractivity contribution in [3.8, 4) is 5.75 Å². The van der Waals surface area contributed by atoms with Crippen molar-refractivity contribution in [3.63, 3.8) is 0 Å². The lowest BCUT2D eigenvalue weighted by Crippen LogP contribution is -2.53. The van der Waals surface area contributed by atoms with Crippen molar-refractivity contribution in [2.45, 2.75) is 52.0 Å². The summed E-state index contributed by atoms with van der Waals surface area (Å²) in [5, 5.41) is 3.05. The molecule has 0 aromatic heterocycles. The highest BCUT2D eigenvalue weighted by atomic mass is 16.5. The van der Waals surface area contributed by atoms with Gasteiger partial charge in [0.15, 0.2) is 0 Å². The summed E-state index contributed by atoms with van der Waals surface area (Å²) in [4.78, 5) is 17.6. The van der Waals surface area contributed by atoms with E-state index in [1.54, 1.807) is 0 Å². The molecule has 1 saturated carbocycles. The van der Waals surface area contributed by atoms with E-state index in [0.717, 1.165) is 43.5 Å². The number of carbonyl (C=O) groups is 1. The lowest BCUT2D eigenvalue weighted by Gasteiger charge is -2.39. The Kier molecular flexibility index (Phi) is 7.53. The van der Waals surface area contributed by atoms with E-state index in [0.29, 0.717) is 6.61 Å². The molecule has 27 heavy (non-hydrogen) atoms. The molecular weight excluding hydrogens is 338 g/mol. The van der Waals surface area contributed by atoms with Gasteiger partial charge in [0.05, 0.1) is 18.3 Å². The molecule has 1 saturated heterocycles. The molecule has 5 heteroatoms. The van der Waals surface area contributed by atoms with Crippen LogP contribution in [0.2, 0.25) is 0 Å². The van der Waals surface area contributed by atoms with Crippen LogP contribution in [0.15, 0.2) is 24.3 Å². The minimum atomic E-state index is -0.128. The molecule has 1 aromatic rings. The molecular formula is C22H35N3O2. The van der Waals surface area contributed by atoms with Crippen LogP contribution in [0.5, 0.6) is 5.75 Å². The highest BCUT2D eigenvalue weighted by molar-refractivity contribution is 5.95. The van der Waals surface area contributed by atoms with Gasteiger partial charge in [-0.2, -0.15) is 0 Å². The third-order valence-electron chi connectivity index (χ3n) is 6.02. The first kappa shape index (κ1) is 20.2. The Morgan fingerprint density at radius 1 is 1.15 bits per heavy atom. The summed E-state index contributed by atoms with van der Waals surface area (Å²) >= 11 is 0. The van der Waals surface area contributed by atoms with Gasteiger partial charge in [0.1, 0.15) is 5.75 Å². The molecule has 0 spiro atoms. The van der Waals surface area contributed by atoms with E-state index in [4.69, 9.17) is 4.74 Å². The van der Waals surface area contributed by atoms with Crippen LogP contribution < -0.4 is 10.1 Å². The lowest BCUT2D eigenvalue weighted by atomic mass is 9.89. The molecule has 2 aliphatic rings. The summed E-state index contributed by atoms with van der Waals surface area (Å²) in [5.74, 6) is 1.67. The molecule has 5 nitrogen and oxygen atoms in total. The standard InChI is InChI=1S/C22H35N3O2/c1-3-27-21-12-8-7-11-20(21)23-22(26)18(2)25-15-13-24(14-16-25)17-19-9-5-4-6-10-19/h7-8,11-12,18-19H,3-6,9-10,13-17H2,1-2H3,(H,23,26). The first-order valence-electron chi connectivity index (χ1n) is 10.7. The number of hydrogen-bond acceptors (Lipinski definition) is 4. The Labute approximate surface area is 164 Å². The lowest BCUT2D eigenvalue weighted by molar-refractivity contribution is -0.121. The molecule has 1 atom stereocenters. The van der Waals surface area contributed by atoms with Gasteiger partial charge in [0.2, 0.25) is 5.91 Å². The van der Waals surface area contributed by atoms with Crippen LogP contribution in [0.3, 0.4) is 0 Å². The average molecular weight is 374 g/mol. The number of carbonyl (C=O) groups excluding carboxylic acids is 1. The maximum atomic E-state index is 12.7. The molecule has 1 heterocycles. The van der Waals surface area contributed by atoms with Gasteiger partial charge in [-0.05, 0) is 44.7 Å². The normalized spacial score (nSPS) is 21.0. The van der Waals surface area contributed by atoms with Crippen molar-refractivity contribution in [3.05, 3.63) is 24.3 Å². The third-order valence-corrected chi connectivity index (χ3v) is 6.02. The second-order valence-electron chi connectivity index (χ2n) is 7.94. The van der Waals surface area contributed by atoms with Crippen molar-refractivity contribution in [1.29, 1.82) is 0 Å². The minimum Gasteiger partial charge on any atom is -0.492 e.